The van der Waals surface area contributed by atoms with Gasteiger partial charge in [-0.25, -0.2) is 15.0 Å². The standard InChI is InChI=1S/C42H29N3/c1-42(2)37-20-18-29-24-35(37)36-25-30(19-21-38(36)42)28-13-9-15-32(23-28)40-43-39(26-10-4-3-5-11-26)44-41(45-40)34-17-7-6-16-33(34)31-14-8-12-27(29)22-31/h3-25H,1-2H3. The molecule has 2 aliphatic rings. The van der Waals surface area contributed by atoms with Gasteiger partial charge in [0.2, 0.25) is 0 Å². The zero-order valence-corrected chi connectivity index (χ0v) is 25.1. The second-order valence-corrected chi connectivity index (χ2v) is 12.5. The number of nitrogens with zero attached hydrogens (tertiary/aromatic N) is 3. The Morgan fingerprint density at radius 2 is 0.800 bits per heavy atom. The molecule has 1 aromatic heterocycles. The predicted molar refractivity (Wildman–Crippen MR) is 184 cm³/mol. The lowest BCUT2D eigenvalue weighted by molar-refractivity contribution is 0.660. The minimum atomic E-state index is -0.0691. The highest BCUT2D eigenvalue weighted by Crippen LogP contribution is 2.51. The summed E-state index contributed by atoms with van der Waals surface area (Å²) >= 11 is 0. The fourth-order valence-corrected chi connectivity index (χ4v) is 7.10. The van der Waals surface area contributed by atoms with Crippen LogP contribution in [-0.4, -0.2) is 15.0 Å². The van der Waals surface area contributed by atoms with Crippen molar-refractivity contribution < 1.29 is 0 Å². The number of aromatic nitrogens is 3. The van der Waals surface area contributed by atoms with Crippen molar-refractivity contribution in [2.24, 2.45) is 0 Å². The van der Waals surface area contributed by atoms with E-state index in [0.717, 1.165) is 33.4 Å². The third-order valence-electron chi connectivity index (χ3n) is 9.47. The monoisotopic (exact) mass is 575 g/mol. The lowest BCUT2D eigenvalue weighted by Gasteiger charge is -2.21. The topological polar surface area (TPSA) is 38.7 Å². The van der Waals surface area contributed by atoms with Crippen LogP contribution in [0.3, 0.4) is 0 Å². The van der Waals surface area contributed by atoms with Crippen LogP contribution in [0.25, 0.3) is 78.7 Å². The van der Waals surface area contributed by atoms with E-state index in [4.69, 9.17) is 15.0 Å². The Hall–Kier alpha value is -5.67. The fraction of sp³-hybridized carbons (Fsp3) is 0.0714. The first-order valence-electron chi connectivity index (χ1n) is 15.4. The van der Waals surface area contributed by atoms with Crippen molar-refractivity contribution in [1.29, 1.82) is 0 Å². The van der Waals surface area contributed by atoms with E-state index in [2.05, 4.69) is 135 Å². The maximum Gasteiger partial charge on any atom is 0.164 e. The van der Waals surface area contributed by atoms with Crippen LogP contribution in [0.2, 0.25) is 0 Å². The van der Waals surface area contributed by atoms with Crippen LogP contribution in [0.5, 0.6) is 0 Å². The van der Waals surface area contributed by atoms with Crippen LogP contribution in [0.4, 0.5) is 0 Å². The Labute approximate surface area is 263 Å². The van der Waals surface area contributed by atoms with E-state index >= 15 is 0 Å². The molecule has 7 aromatic rings. The average Bonchev–Trinajstić information content (AvgIpc) is 3.33. The molecule has 0 saturated carbocycles. The van der Waals surface area contributed by atoms with Crippen molar-refractivity contribution in [3.8, 4) is 78.7 Å². The Kier molecular flexibility index (Phi) is 5.54. The van der Waals surface area contributed by atoms with Crippen LogP contribution in [0.1, 0.15) is 25.0 Å². The van der Waals surface area contributed by atoms with E-state index in [1.54, 1.807) is 0 Å². The summed E-state index contributed by atoms with van der Waals surface area (Å²) in [5, 5.41) is 0. The summed E-state index contributed by atoms with van der Waals surface area (Å²) in [4.78, 5) is 15.2. The highest BCUT2D eigenvalue weighted by atomic mass is 15.0. The number of fused-ring (bicyclic) bond motifs is 14. The molecular formula is C42H29N3. The van der Waals surface area contributed by atoms with Gasteiger partial charge in [-0.3, -0.25) is 0 Å². The summed E-state index contributed by atoms with van der Waals surface area (Å²) in [6.07, 6.45) is 0. The van der Waals surface area contributed by atoms with E-state index in [0.29, 0.717) is 17.5 Å². The number of hydrogen-bond acceptors (Lipinski definition) is 3. The van der Waals surface area contributed by atoms with Gasteiger partial charge >= 0.3 is 0 Å². The number of benzene rings is 6. The largest absolute Gasteiger partial charge is 0.208 e. The molecule has 0 saturated heterocycles. The highest BCUT2D eigenvalue weighted by Gasteiger charge is 2.35. The minimum Gasteiger partial charge on any atom is -0.208 e. The Bertz CT molecular complexity index is 2300. The van der Waals surface area contributed by atoms with Gasteiger partial charge in [-0.1, -0.05) is 129 Å². The maximum absolute atomic E-state index is 5.13. The molecule has 0 fully saturated rings. The van der Waals surface area contributed by atoms with E-state index in [-0.39, 0.29) is 5.41 Å². The van der Waals surface area contributed by atoms with Gasteiger partial charge in [-0.05, 0) is 79.9 Å². The van der Waals surface area contributed by atoms with Crippen molar-refractivity contribution in [2.75, 3.05) is 0 Å². The van der Waals surface area contributed by atoms with Crippen molar-refractivity contribution in [2.45, 2.75) is 19.3 Å². The second kappa shape index (κ2) is 9.67. The Balaban J connectivity index is 1.37. The van der Waals surface area contributed by atoms with Crippen LogP contribution >= 0.6 is 0 Å². The molecule has 10 bridgehead atoms. The molecule has 3 heteroatoms. The second-order valence-electron chi connectivity index (χ2n) is 12.5. The van der Waals surface area contributed by atoms with Gasteiger partial charge < -0.3 is 0 Å². The molecule has 45 heavy (non-hydrogen) atoms. The minimum absolute atomic E-state index is 0.0691. The van der Waals surface area contributed by atoms with E-state index in [9.17, 15) is 0 Å². The first-order valence-corrected chi connectivity index (χ1v) is 15.4. The maximum atomic E-state index is 5.13. The number of rotatable bonds is 1. The lowest BCUT2D eigenvalue weighted by Crippen LogP contribution is -2.14. The molecule has 0 amide bonds. The summed E-state index contributed by atoms with van der Waals surface area (Å²) in [7, 11) is 0. The van der Waals surface area contributed by atoms with E-state index in [1.165, 1.54) is 38.9 Å². The van der Waals surface area contributed by atoms with E-state index in [1.807, 2.05) is 18.2 Å². The molecule has 0 atom stereocenters. The molecule has 1 aliphatic heterocycles. The molecular weight excluding hydrogens is 546 g/mol. The van der Waals surface area contributed by atoms with Crippen LogP contribution in [0.15, 0.2) is 140 Å². The smallest absolute Gasteiger partial charge is 0.164 e. The van der Waals surface area contributed by atoms with Gasteiger partial charge in [0, 0.05) is 22.1 Å². The van der Waals surface area contributed by atoms with Crippen LogP contribution in [0, 0.1) is 0 Å². The summed E-state index contributed by atoms with van der Waals surface area (Å²) in [5.74, 6) is 1.97. The molecule has 212 valence electrons. The first kappa shape index (κ1) is 25.8. The van der Waals surface area contributed by atoms with Gasteiger partial charge in [0.25, 0.3) is 0 Å². The van der Waals surface area contributed by atoms with Crippen molar-refractivity contribution in [1.82, 2.24) is 15.0 Å². The molecule has 6 aromatic carbocycles. The molecule has 1 aliphatic carbocycles. The van der Waals surface area contributed by atoms with Crippen molar-refractivity contribution in [3.63, 3.8) is 0 Å². The predicted octanol–water partition coefficient (Wildman–Crippen LogP) is 10.5. The van der Waals surface area contributed by atoms with Crippen molar-refractivity contribution >= 4 is 0 Å². The molecule has 9 rings (SSSR count). The molecule has 0 unspecified atom stereocenters. The summed E-state index contributed by atoms with van der Waals surface area (Å²) in [6.45, 7) is 4.67. The highest BCUT2D eigenvalue weighted by molar-refractivity contribution is 5.89. The van der Waals surface area contributed by atoms with Crippen molar-refractivity contribution in [3.05, 3.63) is 151 Å². The van der Waals surface area contributed by atoms with Gasteiger partial charge in [0.05, 0.1) is 0 Å². The summed E-state index contributed by atoms with van der Waals surface area (Å²) in [5.41, 5.74) is 15.1. The quantitative estimate of drug-likeness (QED) is 0.195. The number of hydrogen-bond donors (Lipinski definition) is 0. The Morgan fingerprint density at radius 3 is 1.47 bits per heavy atom. The first-order chi connectivity index (χ1) is 22.0. The van der Waals surface area contributed by atoms with E-state index < -0.39 is 0 Å². The molecule has 0 radical (unpaired) electrons. The van der Waals surface area contributed by atoms with Gasteiger partial charge in [-0.2, -0.15) is 0 Å². The third-order valence-corrected chi connectivity index (χ3v) is 9.47. The lowest BCUT2D eigenvalue weighted by atomic mass is 9.82. The molecule has 3 nitrogen and oxygen atoms in total. The third kappa shape index (κ3) is 4.08. The summed E-state index contributed by atoms with van der Waals surface area (Å²) in [6, 6.07) is 49.9. The molecule has 0 N–H and O–H groups in total. The van der Waals surface area contributed by atoms with Gasteiger partial charge in [-0.15, -0.1) is 0 Å². The molecule has 2 heterocycles. The zero-order valence-electron chi connectivity index (χ0n) is 25.1. The average molecular weight is 576 g/mol. The molecule has 0 spiro atoms. The fourth-order valence-electron chi connectivity index (χ4n) is 7.10. The normalized spacial score (nSPS) is 13.3. The SMILES string of the molecule is CC1(C)c2ccc3cc2-c2cc(ccc21)-c1cccc(c1)-c1ccccc1-c1nc(-c2ccccc2)nc(n1)-c1cccc-3c1. The summed E-state index contributed by atoms with van der Waals surface area (Å²) < 4.78 is 0. The van der Waals surface area contributed by atoms with Gasteiger partial charge in [0.15, 0.2) is 17.5 Å². The van der Waals surface area contributed by atoms with Gasteiger partial charge in [0.1, 0.15) is 0 Å². The van der Waals surface area contributed by atoms with Crippen LogP contribution < -0.4 is 0 Å². The Morgan fingerprint density at radius 1 is 0.333 bits per heavy atom. The zero-order chi connectivity index (χ0) is 30.1. The van der Waals surface area contributed by atoms with Crippen LogP contribution in [-0.2, 0) is 5.41 Å².